The van der Waals surface area contributed by atoms with E-state index in [0.29, 0.717) is 0 Å². The van der Waals surface area contributed by atoms with Crippen LogP contribution in [0.3, 0.4) is 0 Å². The lowest BCUT2D eigenvalue weighted by Crippen LogP contribution is -2.37. The molecule has 1 aromatic heterocycles. The second kappa shape index (κ2) is 4.85. The van der Waals surface area contributed by atoms with Gasteiger partial charge < -0.3 is 9.15 Å². The largest absolute Gasteiger partial charge is 0.432 e. The summed E-state index contributed by atoms with van der Waals surface area (Å²) in [6.45, 7) is 4.81. The van der Waals surface area contributed by atoms with Gasteiger partial charge in [0.2, 0.25) is 0 Å². The molecule has 89 valence electrons. The summed E-state index contributed by atoms with van der Waals surface area (Å²) in [4.78, 5) is 6.57. The Morgan fingerprint density at radius 2 is 2.18 bits per heavy atom. The molecule has 2 aromatic rings. The molecule has 1 saturated heterocycles. The molecule has 4 heteroatoms. The molecule has 3 rings (SSSR count). The molecule has 2 heterocycles. The Kier molecular flexibility index (Phi) is 3.07. The van der Waals surface area contributed by atoms with E-state index in [1.54, 1.807) is 0 Å². The van der Waals surface area contributed by atoms with Crippen LogP contribution in [0.5, 0.6) is 0 Å². The van der Waals surface area contributed by atoms with Crippen LogP contribution < -0.4 is 0 Å². The fourth-order valence-electron chi connectivity index (χ4n) is 2.20. The molecule has 1 aliphatic rings. The zero-order chi connectivity index (χ0) is 11.5. The van der Waals surface area contributed by atoms with Gasteiger partial charge in [-0.1, -0.05) is 12.1 Å². The van der Waals surface area contributed by atoms with Crippen molar-refractivity contribution in [3.8, 4) is 0 Å². The van der Waals surface area contributed by atoms with Crippen molar-refractivity contribution < 1.29 is 9.15 Å². The normalized spacial score (nSPS) is 17.6. The highest BCUT2D eigenvalue weighted by atomic mass is 16.5. The summed E-state index contributed by atoms with van der Waals surface area (Å²) in [6.07, 6.45) is 3.56. The minimum absolute atomic E-state index is 0.824. The first kappa shape index (κ1) is 10.7. The van der Waals surface area contributed by atoms with Gasteiger partial charge in [0.25, 0.3) is 6.39 Å². The molecule has 4 nitrogen and oxygen atoms in total. The number of morpholine rings is 1. The molecule has 1 aliphatic heterocycles. The predicted octanol–water partition coefficient (Wildman–Crippen LogP) is 1.50. The maximum Gasteiger partial charge on any atom is 0.284 e. The molecule has 0 amide bonds. The molecule has 1 aromatic carbocycles. The first-order valence-electron chi connectivity index (χ1n) is 5.98. The Morgan fingerprint density at radius 3 is 3.06 bits per heavy atom. The number of rotatable bonds is 3. The molecule has 17 heavy (non-hydrogen) atoms. The Morgan fingerprint density at radius 1 is 1.29 bits per heavy atom. The highest BCUT2D eigenvalue weighted by Crippen LogP contribution is 2.17. The number of fused-ring (bicyclic) bond motifs is 1. The SMILES string of the molecule is [c]1nc2c(CCN3CCOCC3)cccc2o1. The zero-order valence-corrected chi connectivity index (χ0v) is 9.69. The van der Waals surface area contributed by atoms with E-state index in [1.165, 1.54) is 5.56 Å². The van der Waals surface area contributed by atoms with E-state index in [4.69, 9.17) is 9.15 Å². The van der Waals surface area contributed by atoms with Crippen LogP contribution in [0.4, 0.5) is 0 Å². The summed E-state index contributed by atoms with van der Waals surface area (Å²) in [6, 6.07) is 6.05. The highest BCUT2D eigenvalue weighted by molar-refractivity contribution is 5.75. The van der Waals surface area contributed by atoms with Crippen LogP contribution in [0.15, 0.2) is 22.6 Å². The van der Waals surface area contributed by atoms with Gasteiger partial charge in [0.15, 0.2) is 5.58 Å². The number of benzene rings is 1. The Labute approximate surface area is 100 Å². The van der Waals surface area contributed by atoms with Crippen molar-refractivity contribution in [1.82, 2.24) is 9.88 Å². The van der Waals surface area contributed by atoms with Gasteiger partial charge in [0, 0.05) is 19.6 Å². The van der Waals surface area contributed by atoms with Gasteiger partial charge in [0.05, 0.1) is 13.2 Å². The van der Waals surface area contributed by atoms with Gasteiger partial charge in [-0.05, 0) is 18.1 Å². The van der Waals surface area contributed by atoms with Gasteiger partial charge in [-0.2, -0.15) is 0 Å². The Balaban J connectivity index is 1.69. The molecule has 0 aliphatic carbocycles. The molecule has 1 radical (unpaired) electrons. The number of oxazole rings is 1. The van der Waals surface area contributed by atoms with E-state index in [2.05, 4.69) is 22.3 Å². The van der Waals surface area contributed by atoms with E-state index in [0.717, 1.165) is 50.4 Å². The molecule has 0 saturated carbocycles. The highest BCUT2D eigenvalue weighted by Gasteiger charge is 2.11. The van der Waals surface area contributed by atoms with Crippen molar-refractivity contribution in [2.75, 3.05) is 32.8 Å². The minimum Gasteiger partial charge on any atom is -0.432 e. The second-order valence-electron chi connectivity index (χ2n) is 4.27. The van der Waals surface area contributed by atoms with E-state index < -0.39 is 0 Å². The third-order valence-electron chi connectivity index (χ3n) is 3.20. The van der Waals surface area contributed by atoms with E-state index in [1.807, 2.05) is 12.1 Å². The van der Waals surface area contributed by atoms with Crippen LogP contribution in [0.2, 0.25) is 0 Å². The summed E-state index contributed by atoms with van der Waals surface area (Å²) >= 11 is 0. The fourth-order valence-corrected chi connectivity index (χ4v) is 2.20. The van der Waals surface area contributed by atoms with Gasteiger partial charge in [-0.3, -0.25) is 4.90 Å². The summed E-state index contributed by atoms with van der Waals surface area (Å²) in [5.74, 6) is 0. The third-order valence-corrected chi connectivity index (χ3v) is 3.20. The molecule has 1 fully saturated rings. The number of aromatic nitrogens is 1. The Hall–Kier alpha value is -1.39. The second-order valence-corrected chi connectivity index (χ2v) is 4.27. The van der Waals surface area contributed by atoms with Crippen LogP contribution in [0, 0.1) is 6.39 Å². The van der Waals surface area contributed by atoms with Gasteiger partial charge in [-0.15, -0.1) is 0 Å². The molecule has 0 spiro atoms. The molecule has 0 atom stereocenters. The number of ether oxygens (including phenoxy) is 1. The molecule has 0 N–H and O–H groups in total. The van der Waals surface area contributed by atoms with Crippen molar-refractivity contribution >= 4 is 11.1 Å². The van der Waals surface area contributed by atoms with Crippen LogP contribution in [-0.4, -0.2) is 42.7 Å². The first-order chi connectivity index (χ1) is 8.43. The summed E-state index contributed by atoms with van der Waals surface area (Å²) in [7, 11) is 0. The average molecular weight is 231 g/mol. The van der Waals surface area contributed by atoms with Crippen molar-refractivity contribution in [3.05, 3.63) is 30.2 Å². The van der Waals surface area contributed by atoms with Gasteiger partial charge in [0.1, 0.15) is 5.52 Å². The Bertz CT molecular complexity index is 489. The predicted molar refractivity (Wildman–Crippen MR) is 63.8 cm³/mol. The summed E-state index contributed by atoms with van der Waals surface area (Å²) in [5.41, 5.74) is 3.00. The quantitative estimate of drug-likeness (QED) is 0.802. The standard InChI is InChI=1S/C13H15N2O2/c1-2-11(13-12(3-1)17-10-14-13)4-5-15-6-8-16-9-7-15/h1-3H,4-9H2. The number of nitrogens with zero attached hydrogens (tertiary/aromatic N) is 2. The fraction of sp³-hybridized carbons (Fsp3) is 0.462. The van der Waals surface area contributed by atoms with Crippen LogP contribution in [0.25, 0.3) is 11.1 Å². The summed E-state index contributed by atoms with van der Waals surface area (Å²) < 4.78 is 10.5. The smallest absolute Gasteiger partial charge is 0.284 e. The molecular formula is C13H15N2O2. The topological polar surface area (TPSA) is 38.5 Å². The van der Waals surface area contributed by atoms with Gasteiger partial charge >= 0.3 is 0 Å². The van der Waals surface area contributed by atoms with Crippen LogP contribution in [-0.2, 0) is 11.2 Å². The zero-order valence-electron chi connectivity index (χ0n) is 9.69. The lowest BCUT2D eigenvalue weighted by molar-refractivity contribution is 0.0385. The van der Waals surface area contributed by atoms with Crippen molar-refractivity contribution in [2.24, 2.45) is 0 Å². The third kappa shape index (κ3) is 2.33. The molecule has 0 bridgehead atoms. The maximum absolute atomic E-state index is 5.34. The minimum atomic E-state index is 0.824. The average Bonchev–Trinajstić information content (AvgIpc) is 2.86. The van der Waals surface area contributed by atoms with Gasteiger partial charge in [-0.25, -0.2) is 4.98 Å². The van der Waals surface area contributed by atoms with E-state index in [-0.39, 0.29) is 0 Å². The molecular weight excluding hydrogens is 216 g/mol. The molecule has 0 unspecified atom stereocenters. The van der Waals surface area contributed by atoms with E-state index >= 15 is 0 Å². The number of hydrogen-bond donors (Lipinski definition) is 0. The van der Waals surface area contributed by atoms with Crippen molar-refractivity contribution in [2.45, 2.75) is 6.42 Å². The lowest BCUT2D eigenvalue weighted by Gasteiger charge is -2.26. The maximum atomic E-state index is 5.34. The monoisotopic (exact) mass is 231 g/mol. The lowest BCUT2D eigenvalue weighted by atomic mass is 10.1. The van der Waals surface area contributed by atoms with Crippen molar-refractivity contribution in [1.29, 1.82) is 0 Å². The van der Waals surface area contributed by atoms with Crippen molar-refractivity contribution in [3.63, 3.8) is 0 Å². The van der Waals surface area contributed by atoms with Crippen LogP contribution in [0.1, 0.15) is 5.56 Å². The van der Waals surface area contributed by atoms with Crippen LogP contribution >= 0.6 is 0 Å². The summed E-state index contributed by atoms with van der Waals surface area (Å²) in [5, 5.41) is 0. The number of para-hydroxylation sites is 1. The number of hydrogen-bond acceptors (Lipinski definition) is 4. The van der Waals surface area contributed by atoms with E-state index in [9.17, 15) is 0 Å². The first-order valence-corrected chi connectivity index (χ1v) is 5.98.